The molecule has 2 atom stereocenters. The van der Waals surface area contributed by atoms with Crippen LogP contribution < -0.4 is 18.9 Å². The van der Waals surface area contributed by atoms with E-state index in [0.29, 0.717) is 19.0 Å². The zero-order valence-electron chi connectivity index (χ0n) is 22.3. The van der Waals surface area contributed by atoms with Crippen molar-refractivity contribution in [2.24, 2.45) is 5.10 Å². The molecule has 0 aliphatic carbocycles. The molecule has 2 heterocycles. The highest BCUT2D eigenvalue weighted by Crippen LogP contribution is 2.49. The molecule has 0 saturated heterocycles. The minimum Gasteiger partial charge on any atom is -0.494 e. The Kier molecular flexibility index (Phi) is 8.42. The first kappa shape index (κ1) is 26.4. The Hall–Kier alpha value is -3.19. The van der Waals surface area contributed by atoms with Crippen LogP contribution in [0.2, 0.25) is 0 Å². The number of ether oxygens (including phenoxy) is 4. The van der Waals surface area contributed by atoms with E-state index >= 15 is 0 Å². The van der Waals surface area contributed by atoms with E-state index in [0.717, 1.165) is 57.0 Å². The summed E-state index contributed by atoms with van der Waals surface area (Å²) >= 11 is 3.64. The molecule has 0 fully saturated rings. The van der Waals surface area contributed by atoms with Crippen LogP contribution in [0.25, 0.3) is 0 Å². The first-order chi connectivity index (χ1) is 18.6. The summed E-state index contributed by atoms with van der Waals surface area (Å²) in [5, 5.41) is 7.18. The fourth-order valence-corrected chi connectivity index (χ4v) is 5.41. The molecule has 7 heteroatoms. The number of fused-ring (bicyclic) bond motifs is 3. The van der Waals surface area contributed by atoms with Crippen molar-refractivity contribution in [2.45, 2.75) is 58.2 Å². The van der Waals surface area contributed by atoms with Gasteiger partial charge in [-0.05, 0) is 79.6 Å². The van der Waals surface area contributed by atoms with E-state index in [4.69, 9.17) is 24.0 Å². The second-order valence-electron chi connectivity index (χ2n) is 9.58. The van der Waals surface area contributed by atoms with Crippen molar-refractivity contribution in [3.05, 3.63) is 81.8 Å². The third-order valence-corrected chi connectivity index (χ3v) is 7.47. The Labute approximate surface area is 233 Å². The highest BCUT2D eigenvalue weighted by Gasteiger charge is 2.41. The van der Waals surface area contributed by atoms with Crippen LogP contribution in [0.5, 0.6) is 23.0 Å². The average Bonchev–Trinajstić information content (AvgIpc) is 3.39. The highest BCUT2D eigenvalue weighted by atomic mass is 79.9. The number of hydrogen-bond acceptors (Lipinski definition) is 6. The largest absolute Gasteiger partial charge is 0.494 e. The van der Waals surface area contributed by atoms with Crippen LogP contribution in [0.3, 0.4) is 0 Å². The van der Waals surface area contributed by atoms with Gasteiger partial charge in [0.1, 0.15) is 11.5 Å². The van der Waals surface area contributed by atoms with Crippen LogP contribution in [-0.4, -0.2) is 31.0 Å². The van der Waals surface area contributed by atoms with E-state index in [2.05, 4.69) is 52.1 Å². The molecule has 0 saturated carbocycles. The van der Waals surface area contributed by atoms with E-state index in [1.165, 1.54) is 19.3 Å². The lowest BCUT2D eigenvalue weighted by atomic mass is 9.96. The fraction of sp³-hybridized carbons (Fsp3) is 0.387. The molecule has 3 aromatic carbocycles. The number of benzene rings is 3. The van der Waals surface area contributed by atoms with Crippen LogP contribution >= 0.6 is 15.9 Å². The zero-order chi connectivity index (χ0) is 26.5. The molecule has 38 heavy (non-hydrogen) atoms. The quantitative estimate of drug-likeness (QED) is 0.215. The number of hydrogen-bond donors (Lipinski definition) is 0. The highest BCUT2D eigenvalue weighted by molar-refractivity contribution is 9.10. The Morgan fingerprint density at radius 3 is 2.55 bits per heavy atom. The maximum absolute atomic E-state index is 6.57. The maximum atomic E-state index is 6.57. The van der Waals surface area contributed by atoms with Crippen molar-refractivity contribution in [3.63, 3.8) is 0 Å². The summed E-state index contributed by atoms with van der Waals surface area (Å²) in [4.78, 5) is 0. The Morgan fingerprint density at radius 1 is 0.947 bits per heavy atom. The summed E-state index contributed by atoms with van der Waals surface area (Å²) < 4.78 is 25.0. The van der Waals surface area contributed by atoms with E-state index in [9.17, 15) is 0 Å². The molecule has 0 unspecified atom stereocenters. The molecule has 3 aromatic rings. The van der Waals surface area contributed by atoms with E-state index in [1.54, 1.807) is 7.11 Å². The number of hydrazone groups is 1. The summed E-state index contributed by atoms with van der Waals surface area (Å²) in [6.45, 7) is 5.53. The third kappa shape index (κ3) is 5.63. The van der Waals surface area contributed by atoms with Crippen molar-refractivity contribution in [1.29, 1.82) is 0 Å². The summed E-state index contributed by atoms with van der Waals surface area (Å²) in [6, 6.07) is 20.5. The van der Waals surface area contributed by atoms with Gasteiger partial charge in [-0.2, -0.15) is 5.10 Å². The third-order valence-electron chi connectivity index (χ3n) is 6.98. The fourth-order valence-electron chi connectivity index (χ4n) is 5.03. The van der Waals surface area contributed by atoms with Gasteiger partial charge in [-0.3, -0.25) is 0 Å². The molecule has 2 aliphatic heterocycles. The monoisotopic (exact) mass is 578 g/mol. The molecule has 0 aromatic heterocycles. The normalized spacial score (nSPS) is 17.8. The smallest absolute Gasteiger partial charge is 0.214 e. The predicted molar refractivity (Wildman–Crippen MR) is 153 cm³/mol. The van der Waals surface area contributed by atoms with Crippen molar-refractivity contribution in [1.82, 2.24) is 5.01 Å². The molecule has 6 nitrogen and oxygen atoms in total. The zero-order valence-corrected chi connectivity index (χ0v) is 23.9. The van der Waals surface area contributed by atoms with Crippen molar-refractivity contribution in [3.8, 4) is 23.0 Å². The number of unbranched alkanes of at least 4 members (excludes halogenated alkanes) is 3. The topological polar surface area (TPSA) is 52.5 Å². The van der Waals surface area contributed by atoms with Gasteiger partial charge in [0, 0.05) is 22.0 Å². The first-order valence-electron chi connectivity index (χ1n) is 13.5. The second-order valence-corrected chi connectivity index (χ2v) is 10.5. The van der Waals surface area contributed by atoms with Crippen LogP contribution in [0, 0.1) is 0 Å². The number of rotatable bonds is 11. The van der Waals surface area contributed by atoms with Crippen LogP contribution in [0.4, 0.5) is 0 Å². The molecule has 2 aliphatic rings. The van der Waals surface area contributed by atoms with Gasteiger partial charge < -0.3 is 18.9 Å². The molecule has 0 radical (unpaired) electrons. The molecular formula is C31H35BrN2O4. The van der Waals surface area contributed by atoms with Gasteiger partial charge in [-0.15, -0.1) is 0 Å². The van der Waals surface area contributed by atoms with Gasteiger partial charge in [0.25, 0.3) is 0 Å². The Morgan fingerprint density at radius 2 is 1.79 bits per heavy atom. The summed E-state index contributed by atoms with van der Waals surface area (Å²) in [5.41, 5.74) is 4.20. The van der Waals surface area contributed by atoms with E-state index in [1.807, 2.05) is 43.3 Å². The van der Waals surface area contributed by atoms with E-state index in [-0.39, 0.29) is 12.3 Å². The SMILES string of the molecule is CCCCCCOc1ccc([C@@H]2Oc3ccc(Br)cc3[C@H]3CC(c4ccc(OCC)cc4)=NN32)cc1OC. The van der Waals surface area contributed by atoms with Gasteiger partial charge in [0.05, 0.1) is 32.1 Å². The van der Waals surface area contributed by atoms with E-state index < -0.39 is 0 Å². The molecule has 0 spiro atoms. The summed E-state index contributed by atoms with van der Waals surface area (Å²) in [5.74, 6) is 3.19. The lowest BCUT2D eigenvalue weighted by molar-refractivity contribution is -0.0192. The molecule has 5 rings (SSSR count). The van der Waals surface area contributed by atoms with Gasteiger partial charge in [-0.1, -0.05) is 42.1 Å². The molecule has 0 N–H and O–H groups in total. The minimum atomic E-state index is -0.388. The predicted octanol–water partition coefficient (Wildman–Crippen LogP) is 8.06. The molecular weight excluding hydrogens is 544 g/mol. The molecule has 0 amide bonds. The van der Waals surface area contributed by atoms with Gasteiger partial charge >= 0.3 is 0 Å². The molecule has 200 valence electrons. The van der Waals surface area contributed by atoms with Crippen LogP contribution in [0.1, 0.15) is 74.9 Å². The Bertz CT molecular complexity index is 1280. The maximum Gasteiger partial charge on any atom is 0.214 e. The number of halogens is 1. The van der Waals surface area contributed by atoms with Gasteiger partial charge in [0.15, 0.2) is 11.5 Å². The van der Waals surface area contributed by atoms with Crippen molar-refractivity contribution in [2.75, 3.05) is 20.3 Å². The standard InChI is InChI=1S/C31H35BrN2O4/c1-4-6-7-8-17-37-29-15-11-22(18-30(29)35-3)31-34-27(25-19-23(32)12-16-28(25)38-31)20-26(33-34)21-9-13-24(14-10-21)36-5-2/h9-16,18-19,27,31H,4-8,17,20H2,1-3H3/t27-,31+/m1/s1. The van der Waals surface area contributed by atoms with Crippen molar-refractivity contribution >= 4 is 21.6 Å². The first-order valence-corrected chi connectivity index (χ1v) is 14.3. The van der Waals surface area contributed by atoms with Crippen LogP contribution in [0.15, 0.2) is 70.2 Å². The van der Waals surface area contributed by atoms with Gasteiger partial charge in [0.2, 0.25) is 6.23 Å². The summed E-state index contributed by atoms with van der Waals surface area (Å²) in [7, 11) is 1.68. The number of nitrogens with zero attached hydrogens (tertiary/aromatic N) is 2. The minimum absolute atomic E-state index is 0.0586. The summed E-state index contributed by atoms with van der Waals surface area (Å²) in [6.07, 6.45) is 5.05. The Balaban J connectivity index is 1.44. The second kappa shape index (κ2) is 12.1. The van der Waals surface area contributed by atoms with Crippen LogP contribution in [-0.2, 0) is 0 Å². The van der Waals surface area contributed by atoms with Gasteiger partial charge in [-0.25, -0.2) is 5.01 Å². The average molecular weight is 580 g/mol. The molecule has 0 bridgehead atoms. The lowest BCUT2D eigenvalue weighted by Crippen LogP contribution is -2.33. The number of methoxy groups -OCH3 is 1. The van der Waals surface area contributed by atoms with Crippen molar-refractivity contribution < 1.29 is 18.9 Å². The lowest BCUT2D eigenvalue weighted by Gasteiger charge is -2.38.